The average molecular weight is 357 g/mol. The summed E-state index contributed by atoms with van der Waals surface area (Å²) in [5.74, 6) is -2.08. The summed E-state index contributed by atoms with van der Waals surface area (Å²) in [4.78, 5) is 4.21. The average Bonchev–Trinajstić information content (AvgIpc) is 3.02. The minimum absolute atomic E-state index is 0.0283. The number of allylic oxidation sites excluding steroid dienone is 1. The van der Waals surface area contributed by atoms with Crippen molar-refractivity contribution in [3.8, 4) is 23.6 Å². The van der Waals surface area contributed by atoms with E-state index in [2.05, 4.69) is 10.3 Å². The molecule has 0 aliphatic rings. The molecule has 0 spiro atoms. The summed E-state index contributed by atoms with van der Waals surface area (Å²) < 4.78 is 32.1. The molecule has 0 unspecified atom stereocenters. The summed E-state index contributed by atoms with van der Waals surface area (Å²) in [5, 5.41) is 20.2. The lowest BCUT2D eigenvalue weighted by atomic mass is 10.2. The third-order valence-electron chi connectivity index (χ3n) is 3.25. The Bertz CT molecular complexity index is 1080. The zero-order chi connectivity index (χ0) is 18.0. The van der Waals surface area contributed by atoms with Crippen LogP contribution in [0, 0.1) is 34.3 Å². The van der Waals surface area contributed by atoms with Crippen LogP contribution in [-0.4, -0.2) is 4.98 Å². The first-order valence-corrected chi connectivity index (χ1v) is 7.22. The maximum atomic E-state index is 13.4. The predicted molar refractivity (Wildman–Crippen MR) is 87.3 cm³/mol. The zero-order valence-electron chi connectivity index (χ0n) is 12.3. The predicted octanol–water partition coefficient (Wildman–Crippen LogP) is 4.77. The van der Waals surface area contributed by atoms with Crippen molar-refractivity contribution < 1.29 is 13.2 Å². The molecule has 5 nitrogen and oxygen atoms in total. The number of nitrogens with one attached hydrogen (secondary N) is 1. The molecule has 8 heteroatoms. The molecule has 0 radical (unpaired) electrons. The van der Waals surface area contributed by atoms with Crippen LogP contribution in [0.3, 0.4) is 0 Å². The minimum Gasteiger partial charge on any atom is -0.436 e. The molecule has 0 amide bonds. The molecule has 0 bridgehead atoms. The van der Waals surface area contributed by atoms with Crippen molar-refractivity contribution in [2.45, 2.75) is 0 Å². The van der Waals surface area contributed by atoms with Crippen LogP contribution in [0.15, 0.2) is 46.5 Å². The van der Waals surface area contributed by atoms with Crippen LogP contribution in [0.4, 0.5) is 14.5 Å². The van der Waals surface area contributed by atoms with Crippen LogP contribution in [0.5, 0.6) is 0 Å². The van der Waals surface area contributed by atoms with E-state index in [0.29, 0.717) is 16.8 Å². The zero-order valence-corrected chi connectivity index (χ0v) is 13.1. The molecular weight excluding hydrogens is 350 g/mol. The third-order valence-corrected chi connectivity index (χ3v) is 3.56. The Balaban J connectivity index is 1.99. The van der Waals surface area contributed by atoms with Gasteiger partial charge in [0.1, 0.15) is 23.2 Å². The molecule has 1 heterocycles. The number of nitrogens with zero attached hydrogens (tertiary/aromatic N) is 3. The van der Waals surface area contributed by atoms with Crippen LogP contribution >= 0.6 is 11.6 Å². The van der Waals surface area contributed by atoms with Crippen LogP contribution in [0.2, 0.25) is 5.02 Å². The number of fused-ring (bicyclic) bond motifs is 1. The van der Waals surface area contributed by atoms with E-state index in [4.69, 9.17) is 26.5 Å². The van der Waals surface area contributed by atoms with Crippen molar-refractivity contribution in [1.82, 2.24) is 4.98 Å². The van der Waals surface area contributed by atoms with Gasteiger partial charge < -0.3 is 9.73 Å². The SMILES string of the molecule is N#CC(C#N)=CNc1ccc2oc(-c3cc(F)c(F)cc3Cl)nc2c1. The molecule has 0 aliphatic heterocycles. The van der Waals surface area contributed by atoms with Gasteiger partial charge in [-0.05, 0) is 30.3 Å². The molecule has 0 aliphatic carbocycles. The molecule has 0 atom stereocenters. The molecule has 122 valence electrons. The fourth-order valence-electron chi connectivity index (χ4n) is 2.06. The smallest absolute Gasteiger partial charge is 0.228 e. The molecule has 0 saturated heterocycles. The molecule has 3 aromatic rings. The Morgan fingerprint density at radius 3 is 2.60 bits per heavy atom. The van der Waals surface area contributed by atoms with Gasteiger partial charge in [-0.1, -0.05) is 11.6 Å². The van der Waals surface area contributed by atoms with Gasteiger partial charge in [-0.25, -0.2) is 13.8 Å². The second-order valence-electron chi connectivity index (χ2n) is 4.87. The van der Waals surface area contributed by atoms with Gasteiger partial charge in [0, 0.05) is 11.9 Å². The number of hydrogen-bond acceptors (Lipinski definition) is 5. The Kier molecular flexibility index (Phi) is 4.34. The van der Waals surface area contributed by atoms with Crippen LogP contribution < -0.4 is 5.32 Å². The molecule has 1 aromatic heterocycles. The van der Waals surface area contributed by atoms with Gasteiger partial charge in [0.15, 0.2) is 17.2 Å². The molecule has 2 aromatic carbocycles. The van der Waals surface area contributed by atoms with Crippen molar-refractivity contribution in [3.63, 3.8) is 0 Å². The normalized spacial score (nSPS) is 10.1. The summed E-state index contributed by atoms with van der Waals surface area (Å²) in [5.41, 5.74) is 1.44. The second-order valence-corrected chi connectivity index (χ2v) is 5.28. The first-order chi connectivity index (χ1) is 12.0. The minimum atomic E-state index is -1.06. The summed E-state index contributed by atoms with van der Waals surface area (Å²) in [6.07, 6.45) is 1.26. The van der Waals surface area contributed by atoms with Gasteiger partial charge in [0.25, 0.3) is 0 Å². The quantitative estimate of drug-likeness (QED) is 0.539. The number of benzene rings is 2. The molecule has 1 N–H and O–H groups in total. The Hall–Kier alpha value is -3.42. The number of anilines is 1. The number of oxazole rings is 1. The highest BCUT2D eigenvalue weighted by Gasteiger charge is 2.15. The van der Waals surface area contributed by atoms with E-state index >= 15 is 0 Å². The second kappa shape index (κ2) is 6.60. The van der Waals surface area contributed by atoms with Gasteiger partial charge in [-0.2, -0.15) is 10.5 Å². The van der Waals surface area contributed by atoms with E-state index in [1.54, 1.807) is 30.3 Å². The topological polar surface area (TPSA) is 85.6 Å². The highest BCUT2D eigenvalue weighted by atomic mass is 35.5. The fourth-order valence-corrected chi connectivity index (χ4v) is 2.30. The van der Waals surface area contributed by atoms with Crippen molar-refractivity contribution in [1.29, 1.82) is 10.5 Å². The maximum absolute atomic E-state index is 13.4. The Morgan fingerprint density at radius 1 is 1.16 bits per heavy atom. The van der Waals surface area contributed by atoms with Crippen molar-refractivity contribution in [3.05, 3.63) is 58.8 Å². The lowest BCUT2D eigenvalue weighted by molar-refractivity contribution is 0.508. The van der Waals surface area contributed by atoms with Crippen LogP contribution in [-0.2, 0) is 0 Å². The molecule has 0 fully saturated rings. The van der Waals surface area contributed by atoms with Gasteiger partial charge >= 0.3 is 0 Å². The van der Waals surface area contributed by atoms with E-state index in [-0.39, 0.29) is 22.0 Å². The number of halogens is 3. The maximum Gasteiger partial charge on any atom is 0.228 e. The van der Waals surface area contributed by atoms with Crippen LogP contribution in [0.1, 0.15) is 0 Å². The Labute approximate surface area is 145 Å². The Morgan fingerprint density at radius 2 is 1.88 bits per heavy atom. The molecule has 3 rings (SSSR count). The summed E-state index contributed by atoms with van der Waals surface area (Å²) in [6.45, 7) is 0. The van der Waals surface area contributed by atoms with Crippen molar-refractivity contribution >= 4 is 28.4 Å². The van der Waals surface area contributed by atoms with E-state index < -0.39 is 11.6 Å². The number of nitriles is 2. The van der Waals surface area contributed by atoms with E-state index in [0.717, 1.165) is 12.1 Å². The fraction of sp³-hybridized carbons (Fsp3) is 0. The number of aromatic nitrogens is 1. The highest BCUT2D eigenvalue weighted by Crippen LogP contribution is 2.32. The number of rotatable bonds is 3. The van der Waals surface area contributed by atoms with E-state index in [9.17, 15) is 8.78 Å². The summed E-state index contributed by atoms with van der Waals surface area (Å²) in [6, 6.07) is 10.1. The summed E-state index contributed by atoms with van der Waals surface area (Å²) in [7, 11) is 0. The van der Waals surface area contributed by atoms with Crippen LogP contribution in [0.25, 0.3) is 22.6 Å². The van der Waals surface area contributed by atoms with Gasteiger partial charge in [0.05, 0.1) is 10.6 Å². The lowest BCUT2D eigenvalue weighted by Gasteiger charge is -2.00. The molecule has 25 heavy (non-hydrogen) atoms. The van der Waals surface area contributed by atoms with Crippen molar-refractivity contribution in [2.24, 2.45) is 0 Å². The van der Waals surface area contributed by atoms with Gasteiger partial charge in [0.2, 0.25) is 5.89 Å². The largest absolute Gasteiger partial charge is 0.436 e. The van der Waals surface area contributed by atoms with E-state index in [1.165, 1.54) is 6.20 Å². The third kappa shape index (κ3) is 3.27. The lowest BCUT2D eigenvalue weighted by Crippen LogP contribution is -1.89. The summed E-state index contributed by atoms with van der Waals surface area (Å²) >= 11 is 5.92. The molecular formula is C17H7ClF2N4O. The van der Waals surface area contributed by atoms with Gasteiger partial charge in [-0.15, -0.1) is 0 Å². The first kappa shape index (κ1) is 16.4. The van der Waals surface area contributed by atoms with Gasteiger partial charge in [-0.3, -0.25) is 0 Å². The molecule has 0 saturated carbocycles. The number of hydrogen-bond donors (Lipinski definition) is 1. The first-order valence-electron chi connectivity index (χ1n) is 6.84. The monoisotopic (exact) mass is 356 g/mol. The van der Waals surface area contributed by atoms with Crippen molar-refractivity contribution in [2.75, 3.05) is 5.32 Å². The van der Waals surface area contributed by atoms with E-state index in [1.807, 2.05) is 0 Å². The highest BCUT2D eigenvalue weighted by molar-refractivity contribution is 6.33. The standard InChI is InChI=1S/C17H7ClF2N4O/c18-12-5-14(20)13(19)4-11(12)17-24-15-3-10(1-2-16(15)25-17)23-8-9(6-21)7-22/h1-5,8,23H.